The molecular weight excluding hydrogens is 256 g/mol. The third kappa shape index (κ3) is 2.65. The topological polar surface area (TPSA) is 0 Å². The van der Waals surface area contributed by atoms with Gasteiger partial charge in [-0.05, 0) is 57.9 Å². The van der Waals surface area contributed by atoms with Gasteiger partial charge in [0.15, 0.2) is 0 Å². The summed E-state index contributed by atoms with van der Waals surface area (Å²) >= 11 is 0. The third-order valence-corrected chi connectivity index (χ3v) is 9.79. The average Bonchev–Trinajstić information content (AvgIpc) is 2.53. The van der Waals surface area contributed by atoms with E-state index in [1.165, 1.54) is 25.7 Å². The summed E-state index contributed by atoms with van der Waals surface area (Å²) < 4.78 is 0. The Kier molecular flexibility index (Phi) is 4.58. The van der Waals surface area contributed by atoms with E-state index in [1.807, 2.05) is 0 Å². The minimum absolute atomic E-state index is 0.659. The average molecular weight is 287 g/mol. The van der Waals surface area contributed by atoms with Crippen molar-refractivity contribution in [2.24, 2.45) is 5.92 Å². The lowest BCUT2D eigenvalue weighted by atomic mass is 10.1. The second-order valence-electron chi connectivity index (χ2n) is 7.06. The summed E-state index contributed by atoms with van der Waals surface area (Å²) in [6.45, 7) is 14.5. The van der Waals surface area contributed by atoms with Gasteiger partial charge in [0.05, 0.1) is 0 Å². The smallest absolute Gasteiger partial charge is 0.0846 e. The first-order valence-electron chi connectivity index (χ1n) is 8.12. The summed E-state index contributed by atoms with van der Waals surface area (Å²) in [5.41, 5.74) is 4.74. The Morgan fingerprint density at radius 2 is 1.75 bits per heavy atom. The van der Waals surface area contributed by atoms with Crippen LogP contribution in [0, 0.1) is 5.92 Å². The van der Waals surface area contributed by atoms with Crippen molar-refractivity contribution in [2.45, 2.75) is 66.5 Å². The molecule has 0 N–H and O–H groups in total. The number of hydrogen-bond donors (Lipinski definition) is 0. The van der Waals surface area contributed by atoms with Crippen LogP contribution in [0.25, 0.3) is 0 Å². The maximum atomic E-state index is 2.56. The fourth-order valence-corrected chi connectivity index (χ4v) is 8.09. The van der Waals surface area contributed by atoms with E-state index < -0.39 is 8.07 Å². The molecule has 2 aliphatic carbocycles. The summed E-state index contributed by atoms with van der Waals surface area (Å²) in [4.78, 5) is 0. The second kappa shape index (κ2) is 5.89. The minimum Gasteiger partial charge on any atom is -0.0846 e. The molecule has 0 aromatic heterocycles. The highest BCUT2D eigenvalue weighted by molar-refractivity contribution is 6.91. The van der Waals surface area contributed by atoms with Gasteiger partial charge in [-0.3, -0.25) is 0 Å². The van der Waals surface area contributed by atoms with Crippen molar-refractivity contribution in [1.29, 1.82) is 0 Å². The van der Waals surface area contributed by atoms with Crippen LogP contribution in [0.1, 0.15) is 53.4 Å². The highest BCUT2D eigenvalue weighted by atomic mass is 28.3. The first-order chi connectivity index (χ1) is 9.37. The monoisotopic (exact) mass is 286 g/mol. The first kappa shape index (κ1) is 15.6. The second-order valence-corrected chi connectivity index (χ2v) is 11.5. The molecular formula is C19H30Si. The van der Waals surface area contributed by atoms with E-state index in [-0.39, 0.29) is 0 Å². The zero-order valence-electron chi connectivity index (χ0n) is 14.1. The highest BCUT2D eigenvalue weighted by Crippen LogP contribution is 2.44. The Balaban J connectivity index is 2.40. The van der Waals surface area contributed by atoms with E-state index in [1.54, 1.807) is 27.1 Å². The van der Waals surface area contributed by atoms with E-state index in [4.69, 9.17) is 0 Å². The van der Waals surface area contributed by atoms with Crippen LogP contribution in [-0.4, -0.2) is 8.07 Å². The lowest BCUT2D eigenvalue weighted by Crippen LogP contribution is -2.35. The van der Waals surface area contributed by atoms with Crippen molar-refractivity contribution in [3.8, 4) is 0 Å². The van der Waals surface area contributed by atoms with Gasteiger partial charge in [0, 0.05) is 0 Å². The lowest BCUT2D eigenvalue weighted by Gasteiger charge is -2.33. The Hall–Kier alpha value is -0.823. The summed E-state index contributed by atoms with van der Waals surface area (Å²) in [5.74, 6) is 0.659. The van der Waals surface area contributed by atoms with Gasteiger partial charge in [-0.15, -0.1) is 0 Å². The van der Waals surface area contributed by atoms with Crippen molar-refractivity contribution in [3.05, 3.63) is 45.3 Å². The minimum atomic E-state index is -1.49. The number of allylic oxidation sites excluding steroid dienone is 8. The van der Waals surface area contributed by atoms with Gasteiger partial charge in [0.25, 0.3) is 0 Å². The number of rotatable bonds is 2. The van der Waals surface area contributed by atoms with Crippen LogP contribution in [0.3, 0.4) is 0 Å². The fourth-order valence-electron chi connectivity index (χ4n) is 4.01. The molecule has 0 saturated carbocycles. The molecule has 0 aliphatic heterocycles. The van der Waals surface area contributed by atoms with Gasteiger partial charge >= 0.3 is 0 Å². The summed E-state index contributed by atoms with van der Waals surface area (Å²) in [6.07, 6.45) is 12.4. The molecule has 2 rings (SSSR count). The van der Waals surface area contributed by atoms with Gasteiger partial charge in [-0.1, -0.05) is 59.8 Å². The van der Waals surface area contributed by atoms with Gasteiger partial charge in [-0.25, -0.2) is 0 Å². The number of hydrogen-bond acceptors (Lipinski definition) is 0. The van der Waals surface area contributed by atoms with E-state index in [0.29, 0.717) is 5.92 Å². The quantitative estimate of drug-likeness (QED) is 0.535. The predicted molar refractivity (Wildman–Crippen MR) is 93.4 cm³/mol. The molecule has 1 heteroatoms. The summed E-state index contributed by atoms with van der Waals surface area (Å²) in [5, 5.41) is 3.53. The highest BCUT2D eigenvalue weighted by Gasteiger charge is 2.38. The molecule has 110 valence electrons. The van der Waals surface area contributed by atoms with Gasteiger partial charge < -0.3 is 0 Å². The molecule has 0 saturated heterocycles. The van der Waals surface area contributed by atoms with Gasteiger partial charge in [0.1, 0.15) is 8.07 Å². The van der Waals surface area contributed by atoms with Crippen molar-refractivity contribution < 1.29 is 0 Å². The maximum Gasteiger partial charge on any atom is 0.104 e. The third-order valence-electron chi connectivity index (χ3n) is 5.62. The van der Waals surface area contributed by atoms with Crippen molar-refractivity contribution >= 4 is 8.07 Å². The molecule has 0 fully saturated rings. The predicted octanol–water partition coefficient (Wildman–Crippen LogP) is 6.13. The molecule has 0 bridgehead atoms. The fraction of sp³-hybridized carbons (Fsp3) is 0.579. The molecule has 0 heterocycles. The van der Waals surface area contributed by atoms with Crippen LogP contribution in [0.15, 0.2) is 45.3 Å². The van der Waals surface area contributed by atoms with Crippen LogP contribution in [0.4, 0.5) is 0 Å². The molecule has 1 unspecified atom stereocenters. The van der Waals surface area contributed by atoms with Crippen LogP contribution >= 0.6 is 0 Å². The Morgan fingerprint density at radius 1 is 1.05 bits per heavy atom. The van der Waals surface area contributed by atoms with Crippen molar-refractivity contribution in [3.63, 3.8) is 0 Å². The Labute approximate surface area is 126 Å². The molecule has 0 amide bonds. The summed E-state index contributed by atoms with van der Waals surface area (Å²) in [6, 6.07) is 0. The van der Waals surface area contributed by atoms with Crippen molar-refractivity contribution in [1.82, 2.24) is 0 Å². The Morgan fingerprint density at radius 3 is 2.35 bits per heavy atom. The van der Waals surface area contributed by atoms with Gasteiger partial charge in [0.2, 0.25) is 0 Å². The molecule has 1 atom stereocenters. The van der Waals surface area contributed by atoms with Crippen molar-refractivity contribution in [2.75, 3.05) is 0 Å². The molecule has 0 radical (unpaired) electrons. The first-order valence-corrected chi connectivity index (χ1v) is 11.1. The van der Waals surface area contributed by atoms with Gasteiger partial charge in [-0.2, -0.15) is 0 Å². The largest absolute Gasteiger partial charge is 0.104 e. The molecule has 2 aliphatic rings. The van der Waals surface area contributed by atoms with E-state index in [2.05, 4.69) is 59.0 Å². The maximum absolute atomic E-state index is 2.56. The lowest BCUT2D eigenvalue weighted by molar-refractivity contribution is 0.747. The van der Waals surface area contributed by atoms with Crippen LogP contribution < -0.4 is 0 Å². The standard InChI is InChI=1S/C19H30Si/c1-14-15(2)17(4)19(16(14)3)20(5,6)18-12-10-8-7-9-11-13-18/h8,10,12,16H,7,9,11,13H2,1-6H3. The molecule has 0 aromatic carbocycles. The van der Waals surface area contributed by atoms with E-state index in [9.17, 15) is 0 Å². The van der Waals surface area contributed by atoms with Crippen LogP contribution in [0.2, 0.25) is 13.1 Å². The zero-order valence-corrected chi connectivity index (χ0v) is 15.1. The SMILES string of the molecule is CC1=C(C)C(C)C([Si](C)(C)C2=CC=CCCCC2)=C1C. The Bertz CT molecular complexity index is 512. The molecule has 0 aromatic rings. The molecule has 0 nitrogen and oxygen atoms in total. The van der Waals surface area contributed by atoms with Crippen LogP contribution in [0.5, 0.6) is 0 Å². The molecule has 0 spiro atoms. The van der Waals surface area contributed by atoms with E-state index in [0.717, 1.165) is 0 Å². The summed E-state index contributed by atoms with van der Waals surface area (Å²) in [7, 11) is -1.49. The van der Waals surface area contributed by atoms with E-state index >= 15 is 0 Å². The van der Waals surface area contributed by atoms with Crippen LogP contribution in [-0.2, 0) is 0 Å². The normalized spacial score (nSPS) is 24.9. The molecule has 20 heavy (non-hydrogen) atoms. The zero-order chi connectivity index (χ0) is 14.9.